The number of piperidine rings is 1. The fraction of sp³-hybridized carbons (Fsp3) is 0.500. The predicted molar refractivity (Wildman–Crippen MR) is 117 cm³/mol. The van der Waals surface area contributed by atoms with Crippen LogP contribution in [0.15, 0.2) is 41.7 Å². The van der Waals surface area contributed by atoms with Gasteiger partial charge in [0, 0.05) is 44.5 Å². The van der Waals surface area contributed by atoms with E-state index < -0.39 is 10.0 Å². The Labute approximate surface area is 182 Å². The summed E-state index contributed by atoms with van der Waals surface area (Å²) in [6.45, 7) is 4.21. The maximum atomic E-state index is 12.9. The van der Waals surface area contributed by atoms with Crippen LogP contribution in [0, 0.1) is 6.92 Å². The van der Waals surface area contributed by atoms with Crippen molar-refractivity contribution in [2.45, 2.75) is 43.4 Å². The number of imidazole rings is 1. The Morgan fingerprint density at radius 2 is 1.97 bits per heavy atom. The van der Waals surface area contributed by atoms with E-state index in [4.69, 9.17) is 9.47 Å². The van der Waals surface area contributed by atoms with E-state index in [0.717, 1.165) is 36.3 Å². The molecule has 0 aliphatic carbocycles. The Bertz CT molecular complexity index is 1170. The van der Waals surface area contributed by atoms with Crippen molar-refractivity contribution in [3.63, 3.8) is 0 Å². The first-order chi connectivity index (χ1) is 14.9. The van der Waals surface area contributed by atoms with E-state index >= 15 is 0 Å². The number of sulfonamides is 1. The van der Waals surface area contributed by atoms with Crippen molar-refractivity contribution >= 4 is 20.9 Å². The van der Waals surface area contributed by atoms with E-state index in [9.17, 15) is 8.42 Å². The van der Waals surface area contributed by atoms with Gasteiger partial charge in [0.1, 0.15) is 17.7 Å². The van der Waals surface area contributed by atoms with Gasteiger partial charge in [0.2, 0.25) is 0 Å². The minimum absolute atomic E-state index is 0.0133. The summed E-state index contributed by atoms with van der Waals surface area (Å²) in [5.41, 5.74) is 1.15. The van der Waals surface area contributed by atoms with Crippen LogP contribution in [0.5, 0.6) is 5.75 Å². The SMILES string of the molecule is Cc1nc(S(=O)(=O)N2CCC(Oc3cccc4c3ccn4C3CCOC3)CC2)cn1C. The van der Waals surface area contributed by atoms with Crippen LogP contribution in [0.4, 0.5) is 0 Å². The molecule has 3 aromatic rings. The number of nitrogens with zero attached hydrogens (tertiary/aromatic N) is 4. The van der Waals surface area contributed by atoms with Crippen molar-refractivity contribution in [1.29, 1.82) is 0 Å². The summed E-state index contributed by atoms with van der Waals surface area (Å²) in [7, 11) is -1.77. The Hall–Kier alpha value is -2.36. The number of benzene rings is 1. The normalized spacial score (nSPS) is 21.2. The molecule has 0 spiro atoms. The standard InChI is InChI=1S/C22H28N4O4S/c1-16-23-22(14-24(16)2)31(27,28)25-10-6-18(7-11-25)30-21-5-3-4-20-19(21)8-12-26(20)17-9-13-29-15-17/h3-5,8,12,14,17-18H,6-7,9-11,13,15H2,1-2H3. The molecule has 9 heteroatoms. The Kier molecular flexibility index (Phi) is 5.27. The number of hydrogen-bond donors (Lipinski definition) is 0. The van der Waals surface area contributed by atoms with Crippen LogP contribution in [0.2, 0.25) is 0 Å². The number of aromatic nitrogens is 3. The second-order valence-corrected chi connectivity index (χ2v) is 10.3. The Balaban J connectivity index is 1.28. The topological polar surface area (TPSA) is 78.6 Å². The first-order valence-electron chi connectivity index (χ1n) is 10.8. The van der Waals surface area contributed by atoms with Gasteiger partial charge >= 0.3 is 0 Å². The number of aryl methyl sites for hydroxylation is 2. The van der Waals surface area contributed by atoms with Crippen molar-refractivity contribution in [3.05, 3.63) is 42.5 Å². The lowest BCUT2D eigenvalue weighted by Gasteiger charge is -2.31. The minimum atomic E-state index is -3.57. The summed E-state index contributed by atoms with van der Waals surface area (Å²) in [5.74, 6) is 1.54. The van der Waals surface area contributed by atoms with E-state index in [-0.39, 0.29) is 11.1 Å². The molecule has 0 saturated carbocycles. The van der Waals surface area contributed by atoms with Gasteiger partial charge in [-0.05, 0) is 44.4 Å². The first-order valence-corrected chi connectivity index (χ1v) is 12.2. The highest BCUT2D eigenvalue weighted by molar-refractivity contribution is 7.89. The molecule has 5 rings (SSSR count). The molecule has 8 nitrogen and oxygen atoms in total. The third kappa shape index (κ3) is 3.75. The van der Waals surface area contributed by atoms with Crippen LogP contribution in [0.3, 0.4) is 0 Å². The van der Waals surface area contributed by atoms with Crippen molar-refractivity contribution < 1.29 is 17.9 Å². The van der Waals surface area contributed by atoms with Crippen molar-refractivity contribution in [1.82, 2.24) is 18.4 Å². The number of hydrogen-bond acceptors (Lipinski definition) is 5. The zero-order valence-electron chi connectivity index (χ0n) is 17.9. The van der Waals surface area contributed by atoms with Crippen molar-refractivity contribution in [3.8, 4) is 5.75 Å². The van der Waals surface area contributed by atoms with Gasteiger partial charge in [0.15, 0.2) is 5.03 Å². The van der Waals surface area contributed by atoms with Crippen LogP contribution in [0.25, 0.3) is 10.9 Å². The van der Waals surface area contributed by atoms with Crippen LogP contribution in [0.1, 0.15) is 31.1 Å². The lowest BCUT2D eigenvalue weighted by molar-refractivity contribution is 0.136. The molecule has 31 heavy (non-hydrogen) atoms. The first kappa shape index (κ1) is 20.5. The maximum Gasteiger partial charge on any atom is 0.262 e. The van der Waals surface area contributed by atoms with Gasteiger partial charge in [-0.15, -0.1) is 0 Å². The highest BCUT2D eigenvalue weighted by Crippen LogP contribution is 2.33. The molecule has 2 saturated heterocycles. The number of ether oxygens (including phenoxy) is 2. The van der Waals surface area contributed by atoms with Crippen LogP contribution in [-0.2, 0) is 21.8 Å². The average molecular weight is 445 g/mol. The lowest BCUT2D eigenvalue weighted by Crippen LogP contribution is -2.41. The second kappa shape index (κ2) is 7.96. The molecule has 2 aromatic heterocycles. The fourth-order valence-electron chi connectivity index (χ4n) is 4.48. The summed E-state index contributed by atoms with van der Waals surface area (Å²) >= 11 is 0. The van der Waals surface area contributed by atoms with Crippen LogP contribution in [-0.4, -0.2) is 59.2 Å². The van der Waals surface area contributed by atoms with Gasteiger partial charge in [0.05, 0.1) is 18.2 Å². The Morgan fingerprint density at radius 3 is 2.65 bits per heavy atom. The summed E-state index contributed by atoms with van der Waals surface area (Å²) in [6.07, 6.45) is 6.00. The quantitative estimate of drug-likeness (QED) is 0.605. The molecule has 4 heterocycles. The molecule has 1 atom stereocenters. The van der Waals surface area contributed by atoms with Crippen molar-refractivity contribution in [2.24, 2.45) is 7.05 Å². The van der Waals surface area contributed by atoms with E-state index in [1.165, 1.54) is 4.31 Å². The molecule has 2 fully saturated rings. The summed E-state index contributed by atoms with van der Waals surface area (Å²) in [5, 5.41) is 1.21. The maximum absolute atomic E-state index is 12.9. The van der Waals surface area contributed by atoms with Crippen LogP contribution >= 0.6 is 0 Å². The highest BCUT2D eigenvalue weighted by Gasteiger charge is 2.32. The second-order valence-electron chi connectivity index (χ2n) is 8.39. The van der Waals surface area contributed by atoms with E-state index in [0.29, 0.717) is 37.8 Å². The summed E-state index contributed by atoms with van der Waals surface area (Å²) < 4.78 is 43.3. The zero-order chi connectivity index (χ0) is 21.6. The van der Waals surface area contributed by atoms with Gasteiger partial charge in [0.25, 0.3) is 10.0 Å². The molecule has 166 valence electrons. The Morgan fingerprint density at radius 1 is 1.16 bits per heavy atom. The van der Waals surface area contributed by atoms with Gasteiger partial charge in [-0.25, -0.2) is 13.4 Å². The molecule has 0 bridgehead atoms. The smallest absolute Gasteiger partial charge is 0.262 e. The van der Waals surface area contributed by atoms with Gasteiger partial charge in [-0.2, -0.15) is 4.31 Å². The third-order valence-corrected chi connectivity index (χ3v) is 8.18. The largest absolute Gasteiger partial charge is 0.490 e. The molecule has 0 N–H and O–H groups in total. The number of fused-ring (bicyclic) bond motifs is 1. The summed E-state index contributed by atoms with van der Waals surface area (Å²) in [4.78, 5) is 4.20. The fourth-order valence-corrected chi connectivity index (χ4v) is 5.97. The van der Waals surface area contributed by atoms with Gasteiger partial charge < -0.3 is 18.6 Å². The minimum Gasteiger partial charge on any atom is -0.490 e. The van der Waals surface area contributed by atoms with E-state index in [2.05, 4.69) is 27.9 Å². The molecule has 2 aliphatic rings. The lowest BCUT2D eigenvalue weighted by atomic mass is 10.1. The molecule has 2 aliphatic heterocycles. The molecule has 1 unspecified atom stereocenters. The average Bonchev–Trinajstić information content (AvgIpc) is 3.49. The zero-order valence-corrected chi connectivity index (χ0v) is 18.7. The van der Waals surface area contributed by atoms with Crippen molar-refractivity contribution in [2.75, 3.05) is 26.3 Å². The van der Waals surface area contributed by atoms with E-state index in [1.807, 2.05) is 12.1 Å². The van der Waals surface area contributed by atoms with Crippen LogP contribution < -0.4 is 4.74 Å². The third-order valence-electron chi connectivity index (χ3n) is 6.41. The molecular formula is C22H28N4O4S. The molecule has 0 amide bonds. The van der Waals surface area contributed by atoms with Gasteiger partial charge in [-0.3, -0.25) is 0 Å². The number of rotatable bonds is 5. The molecular weight excluding hydrogens is 416 g/mol. The molecule has 1 aromatic carbocycles. The summed E-state index contributed by atoms with van der Waals surface area (Å²) in [6, 6.07) is 8.61. The highest BCUT2D eigenvalue weighted by atomic mass is 32.2. The molecule has 0 radical (unpaired) electrons. The van der Waals surface area contributed by atoms with E-state index in [1.54, 1.807) is 24.7 Å². The monoisotopic (exact) mass is 444 g/mol. The van der Waals surface area contributed by atoms with Gasteiger partial charge in [-0.1, -0.05) is 6.07 Å². The predicted octanol–water partition coefficient (Wildman–Crippen LogP) is 2.88.